The summed E-state index contributed by atoms with van der Waals surface area (Å²) in [6.45, 7) is 0. The van der Waals surface area contributed by atoms with Crippen LogP contribution >= 0.6 is 0 Å². The number of carbonyl (C=O) groups is 2. The van der Waals surface area contributed by atoms with Crippen molar-refractivity contribution >= 4 is 24.2 Å². The van der Waals surface area contributed by atoms with Crippen LogP contribution in [0.1, 0.15) is 62.5 Å². The fraction of sp³-hybridized carbons (Fsp3) is 0.333. The number of nitrogens with zero attached hydrogens (tertiary/aromatic N) is 2. The van der Waals surface area contributed by atoms with Crippen LogP contribution in [0.4, 0.5) is 0 Å². The summed E-state index contributed by atoms with van der Waals surface area (Å²) < 4.78 is 0. The fourth-order valence-corrected chi connectivity index (χ4v) is 2.93. The maximum Gasteiger partial charge on any atom is 0.240 e. The van der Waals surface area contributed by atoms with E-state index in [0.717, 1.165) is 38.5 Å². The van der Waals surface area contributed by atoms with Crippen molar-refractivity contribution in [2.24, 2.45) is 10.2 Å². The van der Waals surface area contributed by atoms with Crippen molar-refractivity contribution in [3.63, 3.8) is 0 Å². The lowest BCUT2D eigenvalue weighted by molar-refractivity contribution is -0.122. The number of para-hydroxylation sites is 2. The van der Waals surface area contributed by atoms with Gasteiger partial charge in [-0.2, -0.15) is 10.2 Å². The molecule has 8 heteroatoms. The Hall–Kier alpha value is -3.68. The van der Waals surface area contributed by atoms with Crippen molar-refractivity contribution < 1.29 is 19.8 Å². The molecule has 0 radical (unpaired) electrons. The minimum absolute atomic E-state index is 0.114. The van der Waals surface area contributed by atoms with Crippen LogP contribution in [-0.4, -0.2) is 34.5 Å². The van der Waals surface area contributed by atoms with Crippen molar-refractivity contribution in [3.05, 3.63) is 59.7 Å². The summed E-state index contributed by atoms with van der Waals surface area (Å²) in [6, 6.07) is 13.5. The van der Waals surface area contributed by atoms with Gasteiger partial charge in [-0.05, 0) is 37.1 Å². The molecule has 0 spiro atoms. The van der Waals surface area contributed by atoms with E-state index in [1.165, 1.54) is 12.4 Å². The first-order valence-corrected chi connectivity index (χ1v) is 10.8. The first-order chi connectivity index (χ1) is 15.6. The van der Waals surface area contributed by atoms with E-state index in [9.17, 15) is 19.8 Å². The number of rotatable bonds is 13. The lowest BCUT2D eigenvalue weighted by Crippen LogP contribution is -2.17. The number of carbonyl (C=O) groups excluding carboxylic acids is 2. The second-order valence-corrected chi connectivity index (χ2v) is 7.33. The van der Waals surface area contributed by atoms with Gasteiger partial charge in [-0.15, -0.1) is 0 Å². The lowest BCUT2D eigenvalue weighted by atomic mass is 10.1. The van der Waals surface area contributed by atoms with E-state index in [-0.39, 0.29) is 23.3 Å². The van der Waals surface area contributed by atoms with Crippen molar-refractivity contribution in [1.29, 1.82) is 0 Å². The number of hydrogen-bond acceptors (Lipinski definition) is 6. The Morgan fingerprint density at radius 2 is 1.03 bits per heavy atom. The standard InChI is InChI=1S/C24H30N4O4/c29-21-13-9-7-11-19(21)17-25-27-23(31)15-5-3-1-2-4-6-16-24(32)28-26-18-20-12-8-10-14-22(20)30/h7-14,17-18,29-30H,1-6,15-16H2,(H,27,31)(H,28,32)/b25-17-,26-18-. The highest BCUT2D eigenvalue weighted by Crippen LogP contribution is 2.13. The van der Waals surface area contributed by atoms with Crippen LogP contribution in [0.5, 0.6) is 11.5 Å². The summed E-state index contributed by atoms with van der Waals surface area (Å²) >= 11 is 0. The van der Waals surface area contributed by atoms with Gasteiger partial charge < -0.3 is 10.2 Å². The van der Waals surface area contributed by atoms with E-state index in [2.05, 4.69) is 21.1 Å². The Bertz CT molecular complexity index is 852. The Morgan fingerprint density at radius 1 is 0.656 bits per heavy atom. The number of hydrogen-bond donors (Lipinski definition) is 4. The minimum Gasteiger partial charge on any atom is -0.507 e. The topological polar surface area (TPSA) is 123 Å². The molecule has 0 aliphatic heterocycles. The maximum absolute atomic E-state index is 11.8. The molecule has 0 saturated carbocycles. The molecule has 0 unspecified atom stereocenters. The van der Waals surface area contributed by atoms with Gasteiger partial charge in [0.2, 0.25) is 11.8 Å². The van der Waals surface area contributed by atoms with Gasteiger partial charge in [0, 0.05) is 24.0 Å². The Kier molecular flexibility index (Phi) is 11.0. The molecule has 0 aromatic heterocycles. The van der Waals surface area contributed by atoms with Crippen molar-refractivity contribution in [3.8, 4) is 11.5 Å². The average molecular weight is 439 g/mol. The molecule has 2 rings (SSSR count). The van der Waals surface area contributed by atoms with Gasteiger partial charge in [-0.3, -0.25) is 9.59 Å². The zero-order valence-electron chi connectivity index (χ0n) is 18.0. The van der Waals surface area contributed by atoms with E-state index in [1.54, 1.807) is 48.5 Å². The third kappa shape index (κ3) is 9.88. The van der Waals surface area contributed by atoms with E-state index in [1.807, 2.05) is 0 Å². The molecular weight excluding hydrogens is 408 g/mol. The zero-order valence-corrected chi connectivity index (χ0v) is 18.0. The summed E-state index contributed by atoms with van der Waals surface area (Å²) in [7, 11) is 0. The van der Waals surface area contributed by atoms with Crippen LogP contribution in [0, 0.1) is 0 Å². The summed E-state index contributed by atoms with van der Waals surface area (Å²) in [6.07, 6.45) is 9.06. The molecule has 4 N–H and O–H groups in total. The molecule has 0 atom stereocenters. The molecule has 2 aromatic rings. The second kappa shape index (κ2) is 14.3. The number of unbranched alkanes of at least 4 members (excludes halogenated alkanes) is 5. The van der Waals surface area contributed by atoms with Gasteiger partial charge in [-0.1, -0.05) is 49.9 Å². The quantitative estimate of drug-likeness (QED) is 0.216. The summed E-state index contributed by atoms with van der Waals surface area (Å²) in [5.41, 5.74) is 6.01. The van der Waals surface area contributed by atoms with Gasteiger partial charge in [0.15, 0.2) is 0 Å². The molecule has 0 heterocycles. The number of aromatic hydroxyl groups is 2. The Labute approximate surface area is 188 Å². The predicted octanol–water partition coefficient (Wildman–Crippen LogP) is 3.82. The van der Waals surface area contributed by atoms with E-state index >= 15 is 0 Å². The summed E-state index contributed by atoms with van der Waals surface area (Å²) in [4.78, 5) is 23.5. The van der Waals surface area contributed by atoms with E-state index in [4.69, 9.17) is 0 Å². The van der Waals surface area contributed by atoms with Gasteiger partial charge >= 0.3 is 0 Å². The number of phenols is 2. The highest BCUT2D eigenvalue weighted by molar-refractivity contribution is 5.85. The molecule has 0 aliphatic rings. The van der Waals surface area contributed by atoms with Gasteiger partial charge in [0.1, 0.15) is 11.5 Å². The maximum atomic E-state index is 11.8. The van der Waals surface area contributed by atoms with Crippen LogP contribution in [0.25, 0.3) is 0 Å². The molecule has 8 nitrogen and oxygen atoms in total. The smallest absolute Gasteiger partial charge is 0.240 e. The van der Waals surface area contributed by atoms with Crippen LogP contribution < -0.4 is 10.9 Å². The molecule has 0 saturated heterocycles. The predicted molar refractivity (Wildman–Crippen MR) is 125 cm³/mol. The van der Waals surface area contributed by atoms with Gasteiger partial charge in [0.25, 0.3) is 0 Å². The number of phenolic OH excluding ortho intramolecular Hbond substituents is 2. The van der Waals surface area contributed by atoms with Crippen LogP contribution in [0.15, 0.2) is 58.7 Å². The molecule has 170 valence electrons. The SMILES string of the molecule is O=C(CCCCCCCCC(=O)N/N=C\c1ccccc1O)N/N=C\c1ccccc1O. The molecule has 0 aliphatic carbocycles. The number of hydrazone groups is 2. The second-order valence-electron chi connectivity index (χ2n) is 7.33. The molecule has 0 fully saturated rings. The first kappa shape index (κ1) is 24.6. The fourth-order valence-electron chi connectivity index (χ4n) is 2.93. The van der Waals surface area contributed by atoms with Crippen molar-refractivity contribution in [2.45, 2.75) is 51.4 Å². The van der Waals surface area contributed by atoms with Crippen LogP contribution in [0.2, 0.25) is 0 Å². The van der Waals surface area contributed by atoms with Crippen LogP contribution in [-0.2, 0) is 9.59 Å². The molecular formula is C24H30N4O4. The van der Waals surface area contributed by atoms with Crippen molar-refractivity contribution in [1.82, 2.24) is 10.9 Å². The lowest BCUT2D eigenvalue weighted by Gasteiger charge is -2.03. The number of amides is 2. The summed E-state index contributed by atoms with van der Waals surface area (Å²) in [5, 5.41) is 26.9. The molecule has 2 aromatic carbocycles. The summed E-state index contributed by atoms with van der Waals surface area (Å²) in [5.74, 6) is -0.0817. The number of nitrogens with one attached hydrogen (secondary N) is 2. The van der Waals surface area contributed by atoms with Gasteiger partial charge in [0.05, 0.1) is 12.4 Å². The first-order valence-electron chi connectivity index (χ1n) is 10.8. The van der Waals surface area contributed by atoms with E-state index in [0.29, 0.717) is 24.0 Å². The Balaban J connectivity index is 1.45. The van der Waals surface area contributed by atoms with Crippen LogP contribution in [0.3, 0.4) is 0 Å². The number of benzene rings is 2. The van der Waals surface area contributed by atoms with E-state index < -0.39 is 0 Å². The molecule has 2 amide bonds. The van der Waals surface area contributed by atoms with Gasteiger partial charge in [-0.25, -0.2) is 10.9 Å². The molecule has 0 bridgehead atoms. The minimum atomic E-state index is -0.155. The average Bonchev–Trinajstić information content (AvgIpc) is 2.78. The zero-order chi connectivity index (χ0) is 23.0. The normalized spacial score (nSPS) is 11.1. The molecule has 32 heavy (non-hydrogen) atoms. The third-order valence-electron chi connectivity index (χ3n) is 4.72. The van der Waals surface area contributed by atoms with Crippen molar-refractivity contribution in [2.75, 3.05) is 0 Å². The highest BCUT2D eigenvalue weighted by atomic mass is 16.3. The highest BCUT2D eigenvalue weighted by Gasteiger charge is 2.02. The largest absolute Gasteiger partial charge is 0.507 e. The monoisotopic (exact) mass is 438 g/mol. The Morgan fingerprint density at radius 3 is 1.44 bits per heavy atom. The third-order valence-corrected chi connectivity index (χ3v) is 4.72.